The van der Waals surface area contributed by atoms with Gasteiger partial charge in [0.05, 0.1) is 6.61 Å². The predicted molar refractivity (Wildman–Crippen MR) is 78.0 cm³/mol. The molecule has 1 heterocycles. The van der Waals surface area contributed by atoms with Crippen molar-refractivity contribution >= 4 is 16.6 Å². The second-order valence-electron chi connectivity index (χ2n) is 4.57. The Balaban J connectivity index is 1.80. The summed E-state index contributed by atoms with van der Waals surface area (Å²) >= 11 is 0. The highest BCUT2D eigenvalue weighted by Crippen LogP contribution is 2.19. The topological polar surface area (TPSA) is 48.0 Å². The molecule has 96 valence electrons. The second kappa shape index (κ2) is 5.16. The zero-order valence-electron chi connectivity index (χ0n) is 10.6. The molecule has 0 fully saturated rings. The summed E-state index contributed by atoms with van der Waals surface area (Å²) in [4.78, 5) is 3.22. The van der Waals surface area contributed by atoms with Gasteiger partial charge in [-0.15, -0.1) is 0 Å². The van der Waals surface area contributed by atoms with Crippen molar-refractivity contribution in [2.45, 2.75) is 13.2 Å². The standard InChI is InChI=1S/C16H16N2O/c19-11-12-3-1-5-14(9-12)18-10-13-4-2-6-16-15(13)7-8-17-16/h1-9,17-19H,10-11H2. The molecular weight excluding hydrogens is 236 g/mol. The summed E-state index contributed by atoms with van der Waals surface area (Å²) < 4.78 is 0. The molecular formula is C16H16N2O. The van der Waals surface area contributed by atoms with E-state index in [4.69, 9.17) is 5.11 Å². The van der Waals surface area contributed by atoms with Gasteiger partial charge < -0.3 is 15.4 Å². The van der Waals surface area contributed by atoms with Crippen LogP contribution in [0.2, 0.25) is 0 Å². The average Bonchev–Trinajstić information content (AvgIpc) is 2.94. The summed E-state index contributed by atoms with van der Waals surface area (Å²) in [5.74, 6) is 0. The molecule has 3 nitrogen and oxygen atoms in total. The van der Waals surface area contributed by atoms with Gasteiger partial charge in [-0.3, -0.25) is 0 Å². The number of aliphatic hydroxyl groups is 1. The lowest BCUT2D eigenvalue weighted by Gasteiger charge is -2.08. The van der Waals surface area contributed by atoms with Crippen LogP contribution >= 0.6 is 0 Å². The number of aromatic nitrogens is 1. The zero-order chi connectivity index (χ0) is 13.1. The van der Waals surface area contributed by atoms with E-state index in [1.54, 1.807) is 0 Å². The van der Waals surface area contributed by atoms with E-state index in [1.807, 2.05) is 30.5 Å². The SMILES string of the molecule is OCc1cccc(NCc2cccc3[nH]ccc23)c1. The van der Waals surface area contributed by atoms with Crippen LogP contribution in [0.25, 0.3) is 10.9 Å². The minimum Gasteiger partial charge on any atom is -0.392 e. The predicted octanol–water partition coefficient (Wildman–Crippen LogP) is 3.27. The molecule has 0 saturated carbocycles. The Morgan fingerprint density at radius 2 is 1.95 bits per heavy atom. The number of hydrogen-bond donors (Lipinski definition) is 3. The van der Waals surface area contributed by atoms with E-state index in [2.05, 4.69) is 34.6 Å². The number of fused-ring (bicyclic) bond motifs is 1. The Hall–Kier alpha value is -2.26. The van der Waals surface area contributed by atoms with Crippen LogP contribution < -0.4 is 5.32 Å². The highest BCUT2D eigenvalue weighted by Gasteiger charge is 2.01. The lowest BCUT2D eigenvalue weighted by atomic mass is 10.1. The number of nitrogens with one attached hydrogen (secondary N) is 2. The Kier molecular flexibility index (Phi) is 3.21. The second-order valence-corrected chi connectivity index (χ2v) is 4.57. The molecule has 1 aromatic heterocycles. The fraction of sp³-hybridized carbons (Fsp3) is 0.125. The van der Waals surface area contributed by atoms with E-state index in [0.29, 0.717) is 0 Å². The van der Waals surface area contributed by atoms with Gasteiger partial charge in [-0.25, -0.2) is 0 Å². The molecule has 0 saturated heterocycles. The first-order valence-electron chi connectivity index (χ1n) is 6.35. The Labute approximate surface area is 111 Å². The quantitative estimate of drug-likeness (QED) is 0.667. The van der Waals surface area contributed by atoms with Gasteiger partial charge in [0.15, 0.2) is 0 Å². The van der Waals surface area contributed by atoms with Crippen molar-refractivity contribution in [3.8, 4) is 0 Å². The van der Waals surface area contributed by atoms with Crippen LogP contribution in [0.4, 0.5) is 5.69 Å². The van der Waals surface area contributed by atoms with Gasteiger partial charge in [-0.2, -0.15) is 0 Å². The first kappa shape index (κ1) is 11.8. The van der Waals surface area contributed by atoms with Crippen molar-refractivity contribution in [3.05, 3.63) is 65.9 Å². The number of H-pyrrole nitrogens is 1. The third kappa shape index (κ3) is 2.46. The summed E-state index contributed by atoms with van der Waals surface area (Å²) in [6.45, 7) is 0.840. The molecule has 0 spiro atoms. The van der Waals surface area contributed by atoms with Gasteiger partial charge in [0, 0.05) is 29.3 Å². The molecule has 2 aromatic carbocycles. The van der Waals surface area contributed by atoms with Gasteiger partial charge in [0.2, 0.25) is 0 Å². The largest absolute Gasteiger partial charge is 0.392 e. The summed E-state index contributed by atoms with van der Waals surface area (Å²) in [6, 6.07) is 16.2. The normalized spacial score (nSPS) is 10.8. The van der Waals surface area contributed by atoms with Crippen molar-refractivity contribution in [1.82, 2.24) is 4.98 Å². The van der Waals surface area contributed by atoms with E-state index >= 15 is 0 Å². The maximum atomic E-state index is 9.13. The number of benzene rings is 2. The van der Waals surface area contributed by atoms with Gasteiger partial charge in [-0.1, -0.05) is 24.3 Å². The van der Waals surface area contributed by atoms with E-state index in [1.165, 1.54) is 10.9 Å². The highest BCUT2D eigenvalue weighted by molar-refractivity contribution is 5.83. The molecule has 0 aliphatic carbocycles. The monoisotopic (exact) mass is 252 g/mol. The molecule has 3 N–H and O–H groups in total. The van der Waals surface area contributed by atoms with Crippen molar-refractivity contribution < 1.29 is 5.11 Å². The Morgan fingerprint density at radius 1 is 1.05 bits per heavy atom. The third-order valence-corrected chi connectivity index (χ3v) is 3.28. The molecule has 0 amide bonds. The fourth-order valence-electron chi connectivity index (χ4n) is 2.28. The van der Waals surface area contributed by atoms with Crippen LogP contribution in [0.5, 0.6) is 0 Å². The number of rotatable bonds is 4. The third-order valence-electron chi connectivity index (χ3n) is 3.28. The number of hydrogen-bond acceptors (Lipinski definition) is 2. The number of anilines is 1. The van der Waals surface area contributed by atoms with Crippen molar-refractivity contribution in [2.24, 2.45) is 0 Å². The maximum absolute atomic E-state index is 9.13. The highest BCUT2D eigenvalue weighted by atomic mass is 16.3. The minimum absolute atomic E-state index is 0.0723. The molecule has 19 heavy (non-hydrogen) atoms. The van der Waals surface area contributed by atoms with Crippen molar-refractivity contribution in [3.63, 3.8) is 0 Å². The fourth-order valence-corrected chi connectivity index (χ4v) is 2.28. The lowest BCUT2D eigenvalue weighted by Crippen LogP contribution is -2.00. The molecule has 3 heteroatoms. The van der Waals surface area contributed by atoms with Crippen molar-refractivity contribution in [1.29, 1.82) is 0 Å². The van der Waals surface area contributed by atoms with E-state index in [0.717, 1.165) is 23.3 Å². The van der Waals surface area contributed by atoms with Gasteiger partial charge in [-0.05, 0) is 35.4 Å². The molecule has 0 aliphatic rings. The van der Waals surface area contributed by atoms with Crippen LogP contribution in [-0.2, 0) is 13.2 Å². The summed E-state index contributed by atoms with van der Waals surface area (Å²) in [7, 11) is 0. The van der Waals surface area contributed by atoms with Gasteiger partial charge in [0.25, 0.3) is 0 Å². The first-order chi connectivity index (χ1) is 9.36. The summed E-state index contributed by atoms with van der Waals surface area (Å²) in [5, 5.41) is 13.8. The van der Waals surface area contributed by atoms with Crippen LogP contribution in [0, 0.1) is 0 Å². The number of aliphatic hydroxyl groups excluding tert-OH is 1. The zero-order valence-corrected chi connectivity index (χ0v) is 10.6. The van der Waals surface area contributed by atoms with Crippen molar-refractivity contribution in [2.75, 3.05) is 5.32 Å². The molecule has 3 rings (SSSR count). The smallest absolute Gasteiger partial charge is 0.0682 e. The molecule has 0 unspecified atom stereocenters. The Morgan fingerprint density at radius 3 is 2.84 bits per heavy atom. The van der Waals surface area contributed by atoms with E-state index in [-0.39, 0.29) is 6.61 Å². The van der Waals surface area contributed by atoms with Crippen LogP contribution in [0.1, 0.15) is 11.1 Å². The molecule has 0 aliphatic heterocycles. The van der Waals surface area contributed by atoms with Crippen LogP contribution in [0.15, 0.2) is 54.7 Å². The molecule has 3 aromatic rings. The van der Waals surface area contributed by atoms with Crippen LogP contribution in [-0.4, -0.2) is 10.1 Å². The van der Waals surface area contributed by atoms with Gasteiger partial charge >= 0.3 is 0 Å². The van der Waals surface area contributed by atoms with E-state index < -0.39 is 0 Å². The lowest BCUT2D eigenvalue weighted by molar-refractivity contribution is 0.282. The minimum atomic E-state index is 0.0723. The van der Waals surface area contributed by atoms with Gasteiger partial charge in [0.1, 0.15) is 0 Å². The van der Waals surface area contributed by atoms with Crippen LogP contribution in [0.3, 0.4) is 0 Å². The maximum Gasteiger partial charge on any atom is 0.0682 e. The summed E-state index contributed by atoms with van der Waals surface area (Å²) in [5.41, 5.74) is 4.36. The Bertz CT molecular complexity index is 688. The average molecular weight is 252 g/mol. The molecule has 0 radical (unpaired) electrons. The first-order valence-corrected chi connectivity index (χ1v) is 6.35. The number of aromatic amines is 1. The molecule has 0 bridgehead atoms. The summed E-state index contributed by atoms with van der Waals surface area (Å²) in [6.07, 6.45) is 1.96. The van der Waals surface area contributed by atoms with E-state index in [9.17, 15) is 0 Å². The molecule has 0 atom stereocenters.